The molecular weight excluding hydrogens is 146 g/mol. The smallest absolute Gasteiger partial charge is 0.0363 e. The number of hydrogen-bond donors (Lipinski definition) is 0. The molecule has 0 N–H and O–H groups in total. The molecule has 12 heavy (non-hydrogen) atoms. The van der Waals surface area contributed by atoms with Gasteiger partial charge in [0, 0.05) is 18.3 Å². The summed E-state index contributed by atoms with van der Waals surface area (Å²) in [5.74, 6) is 0. The van der Waals surface area contributed by atoms with Gasteiger partial charge in [-0.2, -0.15) is 0 Å². The highest BCUT2D eigenvalue weighted by Crippen LogP contribution is 2.14. The first-order valence-electron chi connectivity index (χ1n) is 5.15. The topological polar surface area (TPSA) is 12.4 Å². The number of aliphatic imine (C=N–C) groups is 1. The van der Waals surface area contributed by atoms with Gasteiger partial charge in [0.15, 0.2) is 0 Å². The highest BCUT2D eigenvalue weighted by atomic mass is 14.7. The van der Waals surface area contributed by atoms with E-state index in [0.29, 0.717) is 0 Å². The molecule has 1 aliphatic rings. The molecular formula is C11H19N. The predicted octanol–water partition coefficient (Wildman–Crippen LogP) is 3.71. The molecule has 0 aromatic rings. The fourth-order valence-electron chi connectivity index (χ4n) is 1.49. The third kappa shape index (κ3) is 3.70. The molecule has 0 saturated carbocycles. The second-order valence-corrected chi connectivity index (χ2v) is 3.41. The van der Waals surface area contributed by atoms with Crippen molar-refractivity contribution < 1.29 is 0 Å². The zero-order chi connectivity index (χ0) is 8.65. The fourth-order valence-corrected chi connectivity index (χ4v) is 1.49. The molecule has 1 aliphatic heterocycles. The van der Waals surface area contributed by atoms with Crippen molar-refractivity contribution in [3.8, 4) is 0 Å². The normalized spacial score (nSPS) is 15.2. The third-order valence-electron chi connectivity index (χ3n) is 2.25. The van der Waals surface area contributed by atoms with Crippen LogP contribution in [0, 0.1) is 0 Å². The Morgan fingerprint density at radius 1 is 1.25 bits per heavy atom. The highest BCUT2D eigenvalue weighted by molar-refractivity contribution is 5.64. The second kappa shape index (κ2) is 5.99. The number of unbranched alkanes of at least 4 members (excludes halogenated alkanes) is 4. The van der Waals surface area contributed by atoms with Crippen molar-refractivity contribution in [2.45, 2.75) is 51.9 Å². The van der Waals surface area contributed by atoms with Crippen LogP contribution >= 0.6 is 0 Å². The number of hydrogen-bond acceptors (Lipinski definition) is 1. The fraction of sp³-hybridized carbons (Fsp3) is 0.727. The SMILES string of the molecule is CCCCCCCC1=CCC=N1. The van der Waals surface area contributed by atoms with E-state index in [9.17, 15) is 0 Å². The largest absolute Gasteiger partial charge is 0.266 e. The van der Waals surface area contributed by atoms with E-state index in [4.69, 9.17) is 0 Å². The van der Waals surface area contributed by atoms with Crippen LogP contribution in [0.3, 0.4) is 0 Å². The summed E-state index contributed by atoms with van der Waals surface area (Å²) in [4.78, 5) is 4.29. The minimum atomic E-state index is 1.06. The molecule has 1 rings (SSSR count). The van der Waals surface area contributed by atoms with E-state index in [1.54, 1.807) is 0 Å². The summed E-state index contributed by atoms with van der Waals surface area (Å²) in [5.41, 5.74) is 1.31. The van der Waals surface area contributed by atoms with Crippen LogP contribution in [-0.2, 0) is 0 Å². The monoisotopic (exact) mass is 165 g/mol. The molecule has 0 unspecified atom stereocenters. The molecule has 1 heteroatoms. The number of nitrogens with zero attached hydrogens (tertiary/aromatic N) is 1. The minimum Gasteiger partial charge on any atom is -0.266 e. The Kier molecular flexibility index (Phi) is 4.74. The minimum absolute atomic E-state index is 1.06. The van der Waals surface area contributed by atoms with Crippen molar-refractivity contribution in [1.29, 1.82) is 0 Å². The van der Waals surface area contributed by atoms with Gasteiger partial charge >= 0.3 is 0 Å². The predicted molar refractivity (Wildman–Crippen MR) is 54.6 cm³/mol. The van der Waals surface area contributed by atoms with E-state index in [0.717, 1.165) is 6.42 Å². The number of allylic oxidation sites excluding steroid dienone is 2. The second-order valence-electron chi connectivity index (χ2n) is 3.41. The first-order chi connectivity index (χ1) is 5.93. The van der Waals surface area contributed by atoms with Gasteiger partial charge in [-0.05, 0) is 12.8 Å². The lowest BCUT2D eigenvalue weighted by Gasteiger charge is -1.98. The molecule has 0 fully saturated rings. The molecule has 1 heterocycles. The maximum absolute atomic E-state index is 4.29. The van der Waals surface area contributed by atoms with Gasteiger partial charge in [0.25, 0.3) is 0 Å². The van der Waals surface area contributed by atoms with E-state index in [-0.39, 0.29) is 0 Å². The zero-order valence-electron chi connectivity index (χ0n) is 8.05. The van der Waals surface area contributed by atoms with Crippen LogP contribution in [0.1, 0.15) is 51.9 Å². The lowest BCUT2D eigenvalue weighted by molar-refractivity contribution is 0.630. The maximum Gasteiger partial charge on any atom is 0.0363 e. The summed E-state index contributed by atoms with van der Waals surface area (Å²) in [6, 6.07) is 0. The van der Waals surface area contributed by atoms with Gasteiger partial charge in [-0.15, -0.1) is 0 Å². The van der Waals surface area contributed by atoms with Crippen molar-refractivity contribution >= 4 is 6.21 Å². The van der Waals surface area contributed by atoms with Gasteiger partial charge in [0.05, 0.1) is 0 Å². The standard InChI is InChI=1S/C11H19N/c1-2-3-4-5-6-8-11-9-7-10-12-11/h9-10H,2-8H2,1H3. The van der Waals surface area contributed by atoms with Crippen LogP contribution in [0.4, 0.5) is 0 Å². The summed E-state index contributed by atoms with van der Waals surface area (Å²) in [6.07, 6.45) is 13.3. The summed E-state index contributed by atoms with van der Waals surface area (Å²) in [7, 11) is 0. The van der Waals surface area contributed by atoms with Gasteiger partial charge < -0.3 is 0 Å². The van der Waals surface area contributed by atoms with Crippen LogP contribution in [0.5, 0.6) is 0 Å². The molecule has 1 nitrogen and oxygen atoms in total. The van der Waals surface area contributed by atoms with Crippen LogP contribution in [0.25, 0.3) is 0 Å². The summed E-state index contributed by atoms with van der Waals surface area (Å²) in [5, 5.41) is 0. The molecule has 0 bridgehead atoms. The Morgan fingerprint density at radius 3 is 2.75 bits per heavy atom. The summed E-state index contributed by atoms with van der Waals surface area (Å²) >= 11 is 0. The molecule has 0 aliphatic carbocycles. The van der Waals surface area contributed by atoms with Gasteiger partial charge in [-0.1, -0.05) is 38.7 Å². The van der Waals surface area contributed by atoms with E-state index in [1.165, 1.54) is 44.2 Å². The zero-order valence-corrected chi connectivity index (χ0v) is 8.05. The molecule has 0 atom stereocenters. The van der Waals surface area contributed by atoms with E-state index in [2.05, 4.69) is 18.0 Å². The lowest BCUT2D eigenvalue weighted by atomic mass is 10.1. The molecule has 0 amide bonds. The van der Waals surface area contributed by atoms with Crippen molar-refractivity contribution in [2.24, 2.45) is 4.99 Å². The summed E-state index contributed by atoms with van der Waals surface area (Å²) < 4.78 is 0. The Hall–Kier alpha value is -0.590. The van der Waals surface area contributed by atoms with Crippen LogP contribution in [0.2, 0.25) is 0 Å². The van der Waals surface area contributed by atoms with Gasteiger partial charge in [0.1, 0.15) is 0 Å². The third-order valence-corrected chi connectivity index (χ3v) is 2.25. The maximum atomic E-state index is 4.29. The van der Waals surface area contributed by atoms with Crippen LogP contribution in [0.15, 0.2) is 16.8 Å². The lowest BCUT2D eigenvalue weighted by Crippen LogP contribution is -1.79. The van der Waals surface area contributed by atoms with E-state index in [1.807, 2.05) is 6.21 Å². The van der Waals surface area contributed by atoms with Crippen molar-refractivity contribution in [3.63, 3.8) is 0 Å². The first-order valence-corrected chi connectivity index (χ1v) is 5.15. The quantitative estimate of drug-likeness (QED) is 0.532. The summed E-state index contributed by atoms with van der Waals surface area (Å²) in [6.45, 7) is 2.25. The highest BCUT2D eigenvalue weighted by Gasteiger charge is 1.98. The van der Waals surface area contributed by atoms with Crippen molar-refractivity contribution in [2.75, 3.05) is 0 Å². The van der Waals surface area contributed by atoms with Crippen molar-refractivity contribution in [3.05, 3.63) is 11.8 Å². The van der Waals surface area contributed by atoms with Crippen molar-refractivity contribution in [1.82, 2.24) is 0 Å². The Bertz CT molecular complexity index is 168. The Balaban J connectivity index is 1.92. The van der Waals surface area contributed by atoms with Gasteiger partial charge in [-0.25, -0.2) is 0 Å². The molecule has 0 aromatic heterocycles. The number of rotatable bonds is 6. The van der Waals surface area contributed by atoms with E-state index >= 15 is 0 Å². The molecule has 68 valence electrons. The van der Waals surface area contributed by atoms with Crippen LogP contribution in [-0.4, -0.2) is 6.21 Å². The van der Waals surface area contributed by atoms with E-state index < -0.39 is 0 Å². The molecule has 0 radical (unpaired) electrons. The first kappa shape index (κ1) is 9.50. The van der Waals surface area contributed by atoms with Crippen LogP contribution < -0.4 is 0 Å². The Labute approximate surface area is 75.6 Å². The average Bonchev–Trinajstić information content (AvgIpc) is 2.57. The molecule has 0 aromatic carbocycles. The average molecular weight is 165 g/mol. The molecule has 0 spiro atoms. The van der Waals surface area contributed by atoms with Gasteiger partial charge in [0.2, 0.25) is 0 Å². The van der Waals surface area contributed by atoms with Gasteiger partial charge in [-0.3, -0.25) is 4.99 Å². The molecule has 0 saturated heterocycles. The Morgan fingerprint density at radius 2 is 2.08 bits per heavy atom.